The minimum Gasteiger partial charge on any atom is -0.480 e. The number of amides is 1. The second kappa shape index (κ2) is 6.40. The van der Waals surface area contributed by atoms with Crippen LogP contribution in [-0.2, 0) is 22.5 Å². The van der Waals surface area contributed by atoms with Crippen molar-refractivity contribution >= 4 is 12.1 Å². The van der Waals surface area contributed by atoms with Gasteiger partial charge in [0.15, 0.2) is 0 Å². The Labute approximate surface area is 117 Å². The lowest BCUT2D eigenvalue weighted by molar-refractivity contribution is -0.139. The third-order valence-corrected chi connectivity index (χ3v) is 2.42. The molecule has 1 aromatic rings. The van der Waals surface area contributed by atoms with Crippen LogP contribution in [0.1, 0.15) is 33.4 Å². The zero-order valence-corrected chi connectivity index (χ0v) is 12.2. The van der Waals surface area contributed by atoms with Crippen molar-refractivity contribution in [2.45, 2.75) is 52.3 Å². The molecule has 0 aliphatic heterocycles. The van der Waals surface area contributed by atoms with Crippen LogP contribution >= 0.6 is 0 Å². The molecule has 0 aliphatic carbocycles. The number of hydrogen-bond acceptors (Lipinski definition) is 4. The third kappa shape index (κ3) is 5.29. The maximum Gasteiger partial charge on any atom is 0.408 e. The molecule has 1 amide bonds. The van der Waals surface area contributed by atoms with E-state index in [-0.39, 0.29) is 6.42 Å². The van der Waals surface area contributed by atoms with Gasteiger partial charge in [-0.15, -0.1) is 0 Å². The molecule has 112 valence electrons. The fourth-order valence-electron chi connectivity index (χ4n) is 1.55. The summed E-state index contributed by atoms with van der Waals surface area (Å²) >= 11 is 0. The SMILES string of the molecule is CCn1ccc(C[C@H](NC(=O)OC(C)(C)C)C(=O)O)n1. The van der Waals surface area contributed by atoms with Crippen LogP contribution < -0.4 is 5.32 Å². The molecule has 0 saturated heterocycles. The van der Waals surface area contributed by atoms with E-state index < -0.39 is 23.7 Å². The van der Waals surface area contributed by atoms with Gasteiger partial charge < -0.3 is 15.2 Å². The Morgan fingerprint density at radius 1 is 1.50 bits per heavy atom. The molecule has 0 fully saturated rings. The predicted molar refractivity (Wildman–Crippen MR) is 72.4 cm³/mol. The van der Waals surface area contributed by atoms with E-state index in [0.29, 0.717) is 12.2 Å². The van der Waals surface area contributed by atoms with Crippen LogP contribution in [0.2, 0.25) is 0 Å². The van der Waals surface area contributed by atoms with Gasteiger partial charge in [-0.05, 0) is 33.8 Å². The quantitative estimate of drug-likeness (QED) is 0.852. The number of nitrogens with zero attached hydrogens (tertiary/aromatic N) is 2. The maximum absolute atomic E-state index is 11.6. The van der Waals surface area contributed by atoms with Crippen molar-refractivity contribution in [2.75, 3.05) is 0 Å². The summed E-state index contributed by atoms with van der Waals surface area (Å²) < 4.78 is 6.74. The van der Waals surface area contributed by atoms with Gasteiger partial charge in [-0.3, -0.25) is 4.68 Å². The van der Waals surface area contributed by atoms with E-state index in [2.05, 4.69) is 10.4 Å². The van der Waals surface area contributed by atoms with Gasteiger partial charge in [-0.2, -0.15) is 5.10 Å². The molecule has 7 heteroatoms. The van der Waals surface area contributed by atoms with Gasteiger partial charge in [0.2, 0.25) is 0 Å². The number of nitrogens with one attached hydrogen (secondary N) is 1. The van der Waals surface area contributed by atoms with E-state index in [1.165, 1.54) is 0 Å². The molecule has 1 heterocycles. The normalized spacial score (nSPS) is 12.8. The van der Waals surface area contributed by atoms with Crippen LogP contribution in [0.15, 0.2) is 12.3 Å². The van der Waals surface area contributed by atoms with E-state index in [0.717, 1.165) is 0 Å². The number of hydrogen-bond donors (Lipinski definition) is 2. The Morgan fingerprint density at radius 2 is 2.15 bits per heavy atom. The molecular weight excluding hydrogens is 262 g/mol. The minimum absolute atomic E-state index is 0.113. The molecule has 0 aliphatic rings. The topological polar surface area (TPSA) is 93.5 Å². The van der Waals surface area contributed by atoms with Crippen molar-refractivity contribution < 1.29 is 19.4 Å². The number of alkyl carbamates (subject to hydrolysis) is 1. The molecule has 0 radical (unpaired) electrons. The first-order valence-electron chi connectivity index (χ1n) is 6.46. The van der Waals surface area contributed by atoms with Crippen molar-refractivity contribution in [3.63, 3.8) is 0 Å². The average molecular weight is 283 g/mol. The lowest BCUT2D eigenvalue weighted by atomic mass is 10.1. The summed E-state index contributed by atoms with van der Waals surface area (Å²) in [5.41, 5.74) is -0.0629. The largest absolute Gasteiger partial charge is 0.480 e. The van der Waals surface area contributed by atoms with Crippen LogP contribution in [0.5, 0.6) is 0 Å². The summed E-state index contributed by atoms with van der Waals surface area (Å²) in [4.78, 5) is 22.8. The molecule has 0 spiro atoms. The standard InChI is InChI=1S/C13H21N3O4/c1-5-16-7-6-9(15-16)8-10(11(17)18)14-12(19)20-13(2,3)4/h6-7,10H,5,8H2,1-4H3,(H,14,19)(H,17,18)/t10-/m0/s1. The second-order valence-corrected chi connectivity index (χ2v) is 5.40. The fraction of sp³-hybridized carbons (Fsp3) is 0.615. The molecule has 20 heavy (non-hydrogen) atoms. The molecule has 1 atom stereocenters. The minimum atomic E-state index is -1.12. The van der Waals surface area contributed by atoms with Gasteiger partial charge in [0.1, 0.15) is 11.6 Å². The second-order valence-electron chi connectivity index (χ2n) is 5.40. The number of carbonyl (C=O) groups excluding carboxylic acids is 1. The van der Waals surface area contributed by atoms with Gasteiger partial charge >= 0.3 is 12.1 Å². The molecule has 7 nitrogen and oxygen atoms in total. The van der Waals surface area contributed by atoms with E-state index in [1.807, 2.05) is 6.92 Å². The first-order valence-corrected chi connectivity index (χ1v) is 6.46. The van der Waals surface area contributed by atoms with Crippen molar-refractivity contribution in [1.29, 1.82) is 0 Å². The summed E-state index contributed by atoms with van der Waals surface area (Å²) in [5, 5.41) is 15.7. The highest BCUT2D eigenvalue weighted by atomic mass is 16.6. The molecule has 2 N–H and O–H groups in total. The highest BCUT2D eigenvalue weighted by molar-refractivity contribution is 5.80. The van der Waals surface area contributed by atoms with Crippen LogP contribution in [0.4, 0.5) is 4.79 Å². The number of carboxylic acids is 1. The summed E-state index contributed by atoms with van der Waals surface area (Å²) in [6.07, 6.45) is 1.13. The average Bonchev–Trinajstić information content (AvgIpc) is 2.73. The van der Waals surface area contributed by atoms with Crippen LogP contribution in [0.3, 0.4) is 0 Å². The summed E-state index contributed by atoms with van der Waals surface area (Å²) in [7, 11) is 0. The molecule has 0 bridgehead atoms. The Morgan fingerprint density at radius 3 is 2.60 bits per heavy atom. The van der Waals surface area contributed by atoms with Crippen molar-refractivity contribution in [3.8, 4) is 0 Å². The van der Waals surface area contributed by atoms with Crippen LogP contribution in [0, 0.1) is 0 Å². The first-order chi connectivity index (χ1) is 9.21. The Kier molecular flexibility index (Phi) is 5.12. The Bertz CT molecular complexity index is 476. The Balaban J connectivity index is 2.65. The smallest absolute Gasteiger partial charge is 0.408 e. The van der Waals surface area contributed by atoms with Gasteiger partial charge in [-0.1, -0.05) is 0 Å². The monoisotopic (exact) mass is 283 g/mol. The zero-order valence-electron chi connectivity index (χ0n) is 12.2. The van der Waals surface area contributed by atoms with E-state index >= 15 is 0 Å². The predicted octanol–water partition coefficient (Wildman–Crippen LogP) is 1.42. The number of carbonyl (C=O) groups is 2. The Hall–Kier alpha value is -2.05. The highest BCUT2D eigenvalue weighted by Gasteiger charge is 2.24. The molecular formula is C13H21N3O4. The number of ether oxygens (including phenoxy) is 1. The van der Waals surface area contributed by atoms with E-state index in [4.69, 9.17) is 9.84 Å². The van der Waals surface area contributed by atoms with E-state index in [9.17, 15) is 9.59 Å². The fourth-order valence-corrected chi connectivity index (χ4v) is 1.55. The van der Waals surface area contributed by atoms with Crippen molar-refractivity contribution in [1.82, 2.24) is 15.1 Å². The number of rotatable bonds is 5. The van der Waals surface area contributed by atoms with E-state index in [1.54, 1.807) is 37.7 Å². The third-order valence-electron chi connectivity index (χ3n) is 2.42. The number of aromatic nitrogens is 2. The van der Waals surface area contributed by atoms with Crippen LogP contribution in [0.25, 0.3) is 0 Å². The number of aryl methyl sites for hydroxylation is 1. The molecule has 0 saturated carbocycles. The molecule has 1 aromatic heterocycles. The van der Waals surface area contributed by atoms with Gasteiger partial charge in [0.25, 0.3) is 0 Å². The molecule has 1 rings (SSSR count). The first kappa shape index (κ1) is 16.0. The molecule has 0 unspecified atom stereocenters. The lowest BCUT2D eigenvalue weighted by Gasteiger charge is -2.21. The summed E-state index contributed by atoms with van der Waals surface area (Å²) in [6.45, 7) is 7.78. The van der Waals surface area contributed by atoms with Gasteiger partial charge in [0, 0.05) is 19.2 Å². The summed E-state index contributed by atoms with van der Waals surface area (Å²) in [5.74, 6) is -1.12. The summed E-state index contributed by atoms with van der Waals surface area (Å²) in [6, 6.07) is 0.668. The zero-order chi connectivity index (χ0) is 15.3. The molecule has 0 aromatic carbocycles. The number of aliphatic carboxylic acids is 1. The van der Waals surface area contributed by atoms with Gasteiger partial charge in [-0.25, -0.2) is 9.59 Å². The van der Waals surface area contributed by atoms with Crippen molar-refractivity contribution in [3.05, 3.63) is 18.0 Å². The number of carboxylic acid groups (broad SMARTS) is 1. The maximum atomic E-state index is 11.6. The van der Waals surface area contributed by atoms with Crippen molar-refractivity contribution in [2.24, 2.45) is 0 Å². The highest BCUT2D eigenvalue weighted by Crippen LogP contribution is 2.08. The van der Waals surface area contributed by atoms with Gasteiger partial charge in [0.05, 0.1) is 5.69 Å². The lowest BCUT2D eigenvalue weighted by Crippen LogP contribution is -2.44. The van der Waals surface area contributed by atoms with Crippen LogP contribution in [-0.4, -0.2) is 38.6 Å².